The summed E-state index contributed by atoms with van der Waals surface area (Å²) in [4.78, 5) is 12.4. The van der Waals surface area contributed by atoms with Crippen LogP contribution in [-0.4, -0.2) is 57.7 Å². The minimum atomic E-state index is -0.630. The molecule has 0 radical (unpaired) electrons. The number of pyridine rings is 1. The van der Waals surface area contributed by atoms with Crippen LogP contribution in [0, 0.1) is 0 Å². The van der Waals surface area contributed by atoms with Crippen LogP contribution >= 0.6 is 11.6 Å². The summed E-state index contributed by atoms with van der Waals surface area (Å²) in [6.07, 6.45) is -1.67. The van der Waals surface area contributed by atoms with Crippen LogP contribution in [0.15, 0.2) is 72.8 Å². The minimum absolute atomic E-state index is 0.245. The second kappa shape index (κ2) is 8.57. The molecule has 0 bridgehead atoms. The van der Waals surface area contributed by atoms with Crippen molar-refractivity contribution in [2.75, 3.05) is 13.2 Å². The van der Waals surface area contributed by atoms with Gasteiger partial charge >= 0.3 is 0 Å². The highest BCUT2D eigenvalue weighted by atomic mass is 35.5. The Morgan fingerprint density at radius 2 is 1.67 bits per heavy atom. The number of halogens is 1. The lowest BCUT2D eigenvalue weighted by Gasteiger charge is -2.15. The van der Waals surface area contributed by atoms with Crippen LogP contribution in [0.25, 0.3) is 44.3 Å². The van der Waals surface area contributed by atoms with E-state index in [9.17, 15) is 5.11 Å². The number of hydrogen-bond acceptors (Lipinski definition) is 6. The molecule has 36 heavy (non-hydrogen) atoms. The molecule has 2 aliphatic rings. The maximum Gasteiger partial charge on any atom is 0.296 e. The number of nitrogens with one attached hydrogen (secondary N) is 1. The molecule has 2 saturated heterocycles. The number of fused-ring (bicyclic) bond motifs is 3. The van der Waals surface area contributed by atoms with Gasteiger partial charge in [-0.1, -0.05) is 78.3 Å². The van der Waals surface area contributed by atoms with Gasteiger partial charge in [-0.3, -0.25) is 0 Å². The summed E-state index contributed by atoms with van der Waals surface area (Å²) in [5, 5.41) is 12.9. The first-order valence-corrected chi connectivity index (χ1v) is 12.2. The quantitative estimate of drug-likeness (QED) is 0.361. The van der Waals surface area contributed by atoms with Crippen molar-refractivity contribution in [2.45, 2.75) is 24.4 Å². The first-order valence-electron chi connectivity index (χ1n) is 11.9. The number of aliphatic hydroxyl groups is 1. The van der Waals surface area contributed by atoms with Crippen molar-refractivity contribution in [3.63, 3.8) is 0 Å². The fourth-order valence-electron chi connectivity index (χ4n) is 5.13. The van der Waals surface area contributed by atoms with Crippen molar-refractivity contribution in [1.82, 2.24) is 15.0 Å². The first kappa shape index (κ1) is 21.8. The number of hydrogen-bond donors (Lipinski definition) is 2. The molecule has 3 aromatic carbocycles. The number of benzene rings is 3. The van der Waals surface area contributed by atoms with Crippen LogP contribution in [0.1, 0.15) is 0 Å². The van der Waals surface area contributed by atoms with E-state index in [-0.39, 0.29) is 24.9 Å². The van der Waals surface area contributed by atoms with E-state index in [4.69, 9.17) is 30.8 Å². The van der Waals surface area contributed by atoms with Gasteiger partial charge in [0.1, 0.15) is 18.3 Å². The second-order valence-electron chi connectivity index (χ2n) is 9.16. The molecule has 4 atom stereocenters. The van der Waals surface area contributed by atoms with E-state index in [0.29, 0.717) is 34.5 Å². The maximum atomic E-state index is 9.94. The van der Waals surface area contributed by atoms with Gasteiger partial charge < -0.3 is 24.3 Å². The topological polar surface area (TPSA) is 89.5 Å². The smallest absolute Gasteiger partial charge is 0.296 e. The van der Waals surface area contributed by atoms with Gasteiger partial charge in [-0.15, -0.1) is 0 Å². The zero-order valence-corrected chi connectivity index (χ0v) is 19.9. The summed E-state index contributed by atoms with van der Waals surface area (Å²) in [7, 11) is 0. The molecule has 7 rings (SSSR count). The van der Waals surface area contributed by atoms with Gasteiger partial charge in [0.15, 0.2) is 11.8 Å². The van der Waals surface area contributed by atoms with Gasteiger partial charge in [0.05, 0.1) is 29.4 Å². The molecule has 5 aromatic rings. The highest BCUT2D eigenvalue weighted by Crippen LogP contribution is 2.34. The molecular weight excluding hydrogens is 478 g/mol. The van der Waals surface area contributed by atoms with E-state index < -0.39 is 6.10 Å². The van der Waals surface area contributed by atoms with E-state index in [1.165, 1.54) is 16.3 Å². The molecule has 2 N–H and O–H groups in total. The lowest BCUT2D eigenvalue weighted by Crippen LogP contribution is -2.34. The van der Waals surface area contributed by atoms with Gasteiger partial charge in [-0.05, 0) is 28.0 Å². The minimum Gasteiger partial charge on any atom is -0.456 e. The van der Waals surface area contributed by atoms with Crippen molar-refractivity contribution in [1.29, 1.82) is 0 Å². The summed E-state index contributed by atoms with van der Waals surface area (Å²) < 4.78 is 17.3. The number of rotatable bonds is 4. The van der Waals surface area contributed by atoms with E-state index >= 15 is 0 Å². The van der Waals surface area contributed by atoms with Crippen LogP contribution in [-0.2, 0) is 9.47 Å². The molecule has 8 heteroatoms. The normalized spacial score (nSPS) is 23.4. The van der Waals surface area contributed by atoms with Crippen molar-refractivity contribution in [3.8, 4) is 28.4 Å². The summed E-state index contributed by atoms with van der Waals surface area (Å²) in [6.45, 7) is 0.570. The Balaban J connectivity index is 1.17. The monoisotopic (exact) mass is 499 g/mol. The fraction of sp³-hybridized carbons (Fsp3) is 0.214. The molecule has 2 aliphatic heterocycles. The SMILES string of the molecule is O[C@@H]1CO[C@H]2[C@@H]1OC[C@H]2Oc1nc2nc(-c3ccc(-c4cccc5ccccc45)cc3)c(Cl)cc2[nH]1. The van der Waals surface area contributed by atoms with Crippen LogP contribution in [0.2, 0.25) is 5.02 Å². The predicted molar refractivity (Wildman–Crippen MR) is 137 cm³/mol. The van der Waals surface area contributed by atoms with Gasteiger partial charge in [0.2, 0.25) is 0 Å². The van der Waals surface area contributed by atoms with Crippen LogP contribution in [0.3, 0.4) is 0 Å². The van der Waals surface area contributed by atoms with Crippen molar-refractivity contribution >= 4 is 33.5 Å². The molecule has 4 heterocycles. The number of nitrogens with zero attached hydrogens (tertiary/aromatic N) is 2. The first-order chi connectivity index (χ1) is 17.6. The maximum absolute atomic E-state index is 9.94. The average molecular weight is 500 g/mol. The summed E-state index contributed by atoms with van der Waals surface area (Å²) in [6, 6.07) is 25.1. The Morgan fingerprint density at radius 3 is 2.56 bits per heavy atom. The third-order valence-corrected chi connectivity index (χ3v) is 7.20. The second-order valence-corrected chi connectivity index (χ2v) is 9.56. The molecule has 0 spiro atoms. The molecular formula is C28H22ClN3O4. The molecule has 7 nitrogen and oxygen atoms in total. The van der Waals surface area contributed by atoms with Crippen molar-refractivity contribution < 1.29 is 19.3 Å². The molecule has 180 valence electrons. The summed E-state index contributed by atoms with van der Waals surface area (Å²) in [5.74, 6) is 0. The lowest BCUT2D eigenvalue weighted by molar-refractivity contribution is 0.00706. The Kier molecular flexibility index (Phi) is 5.18. The van der Waals surface area contributed by atoms with Crippen molar-refractivity contribution in [3.05, 3.63) is 77.8 Å². The Labute approximate surface area is 211 Å². The third kappa shape index (κ3) is 3.63. The van der Waals surface area contributed by atoms with Gasteiger partial charge in [0.25, 0.3) is 6.01 Å². The number of H-pyrrole nitrogens is 1. The molecule has 0 unspecified atom stereocenters. The van der Waals surface area contributed by atoms with Crippen LogP contribution in [0.4, 0.5) is 0 Å². The highest BCUT2D eigenvalue weighted by Gasteiger charge is 2.48. The molecule has 0 saturated carbocycles. The van der Waals surface area contributed by atoms with Crippen LogP contribution in [0.5, 0.6) is 6.01 Å². The van der Waals surface area contributed by atoms with E-state index in [1.807, 2.05) is 18.2 Å². The van der Waals surface area contributed by atoms with Gasteiger partial charge in [-0.2, -0.15) is 4.98 Å². The molecule has 0 amide bonds. The Hall–Kier alpha value is -3.49. The van der Waals surface area contributed by atoms with Crippen molar-refractivity contribution in [2.24, 2.45) is 0 Å². The Bertz CT molecular complexity index is 1580. The zero-order valence-electron chi connectivity index (χ0n) is 19.1. The number of imidazole rings is 1. The largest absolute Gasteiger partial charge is 0.456 e. The van der Waals surface area contributed by atoms with Gasteiger partial charge in [-0.25, -0.2) is 4.98 Å². The predicted octanol–water partition coefficient (Wildman–Crippen LogP) is 5.00. The lowest BCUT2D eigenvalue weighted by atomic mass is 9.97. The number of aromatic nitrogens is 3. The zero-order chi connectivity index (χ0) is 24.2. The molecule has 0 aliphatic carbocycles. The number of aliphatic hydroxyl groups excluding tert-OH is 1. The van der Waals surface area contributed by atoms with Crippen LogP contribution < -0.4 is 4.74 Å². The number of aromatic amines is 1. The Morgan fingerprint density at radius 1 is 0.889 bits per heavy atom. The third-order valence-electron chi connectivity index (χ3n) is 6.91. The van der Waals surface area contributed by atoms with E-state index in [0.717, 1.165) is 11.1 Å². The molecule has 2 fully saturated rings. The van der Waals surface area contributed by atoms with E-state index in [1.54, 1.807) is 0 Å². The van der Waals surface area contributed by atoms with Gasteiger partial charge in [0, 0.05) is 5.56 Å². The summed E-state index contributed by atoms with van der Waals surface area (Å²) >= 11 is 6.62. The highest BCUT2D eigenvalue weighted by molar-refractivity contribution is 6.33. The standard InChI is InChI=1S/C28H22ClN3O4/c29-20-12-21-27(32-28(30-21)36-23-14-35-25-22(33)13-34-26(23)25)31-24(20)17-10-8-16(9-11-17)19-7-3-5-15-4-1-2-6-18(15)19/h1-12,22-23,25-26,33H,13-14H2,(H,30,31,32)/t22-,23-,25-,26-/m1/s1. The fourth-order valence-corrected chi connectivity index (χ4v) is 5.39. The summed E-state index contributed by atoms with van der Waals surface area (Å²) in [5.41, 5.74) is 5.04. The molecule has 2 aromatic heterocycles. The van der Waals surface area contributed by atoms with E-state index in [2.05, 4.69) is 64.6 Å². The average Bonchev–Trinajstić information content (AvgIpc) is 3.60. The number of ether oxygens (including phenoxy) is 3.